The molecule has 2 amide bonds. The van der Waals surface area contributed by atoms with E-state index in [0.29, 0.717) is 26.2 Å². The number of hydrogen-bond donors (Lipinski definition) is 3. The predicted octanol–water partition coefficient (Wildman–Crippen LogP) is 2.22. The second kappa shape index (κ2) is 5.92. The monoisotopic (exact) mass is 402 g/mol. The first-order chi connectivity index (χ1) is 9.85. The van der Waals surface area contributed by atoms with Crippen molar-refractivity contribution in [3.05, 3.63) is 32.5 Å². The molecule has 1 aliphatic heterocycles. The molecule has 112 valence electrons. The highest BCUT2D eigenvalue weighted by Gasteiger charge is 2.30. The second-order valence-corrected chi connectivity index (χ2v) is 5.84. The molecule has 7 heteroatoms. The Labute approximate surface area is 135 Å². The Morgan fingerprint density at radius 2 is 2.10 bits per heavy atom. The minimum Gasteiger partial charge on any atom is -0.504 e. The van der Waals surface area contributed by atoms with Crippen molar-refractivity contribution in [3.63, 3.8) is 0 Å². The molecule has 1 aromatic carbocycles. The smallest absolute Gasteiger partial charge is 0.319 e. The van der Waals surface area contributed by atoms with Crippen LogP contribution in [-0.4, -0.2) is 24.0 Å². The van der Waals surface area contributed by atoms with Gasteiger partial charge in [-0.2, -0.15) is 0 Å². The van der Waals surface area contributed by atoms with Crippen LogP contribution in [0.3, 0.4) is 0 Å². The maximum atomic E-state index is 11.9. The van der Waals surface area contributed by atoms with E-state index in [2.05, 4.69) is 10.6 Å². The SMILES string of the molecule is COc1cc([C@H]2NC(=O)NC(C)=C2C(C)=O)cc(I)c1O. The van der Waals surface area contributed by atoms with Gasteiger partial charge in [0.25, 0.3) is 0 Å². The molecule has 1 aromatic rings. The number of phenols is 1. The maximum Gasteiger partial charge on any atom is 0.319 e. The van der Waals surface area contributed by atoms with E-state index >= 15 is 0 Å². The summed E-state index contributed by atoms with van der Waals surface area (Å²) in [6, 6.07) is 2.39. The van der Waals surface area contributed by atoms with E-state index < -0.39 is 6.04 Å². The van der Waals surface area contributed by atoms with Gasteiger partial charge in [0.15, 0.2) is 17.3 Å². The minimum atomic E-state index is -0.570. The van der Waals surface area contributed by atoms with Crippen LogP contribution in [0.5, 0.6) is 11.5 Å². The van der Waals surface area contributed by atoms with Crippen molar-refractivity contribution in [3.8, 4) is 11.5 Å². The van der Waals surface area contributed by atoms with Gasteiger partial charge in [0.05, 0.1) is 16.7 Å². The molecule has 0 bridgehead atoms. The molecule has 1 atom stereocenters. The first kappa shape index (κ1) is 15.6. The van der Waals surface area contributed by atoms with Crippen LogP contribution in [0.25, 0.3) is 0 Å². The van der Waals surface area contributed by atoms with Crippen LogP contribution in [0.15, 0.2) is 23.4 Å². The highest BCUT2D eigenvalue weighted by atomic mass is 127. The van der Waals surface area contributed by atoms with Crippen LogP contribution in [0.2, 0.25) is 0 Å². The van der Waals surface area contributed by atoms with E-state index in [1.54, 1.807) is 19.1 Å². The molecule has 0 spiro atoms. The molecule has 3 N–H and O–H groups in total. The summed E-state index contributed by atoms with van der Waals surface area (Å²) in [5, 5.41) is 15.2. The summed E-state index contributed by atoms with van der Waals surface area (Å²) in [6.07, 6.45) is 0. The second-order valence-electron chi connectivity index (χ2n) is 4.68. The van der Waals surface area contributed by atoms with Crippen LogP contribution >= 0.6 is 22.6 Å². The minimum absolute atomic E-state index is 0.0344. The molecular weight excluding hydrogens is 387 g/mol. The lowest BCUT2D eigenvalue weighted by atomic mass is 9.93. The molecular formula is C14H15IN2O4. The third-order valence-corrected chi connectivity index (χ3v) is 4.07. The number of allylic oxidation sites excluding steroid dienone is 1. The van der Waals surface area contributed by atoms with Gasteiger partial charge in [0, 0.05) is 11.3 Å². The van der Waals surface area contributed by atoms with Crippen molar-refractivity contribution in [1.82, 2.24) is 10.6 Å². The Kier molecular flexibility index (Phi) is 4.40. The number of rotatable bonds is 3. The van der Waals surface area contributed by atoms with Gasteiger partial charge in [-0.1, -0.05) is 0 Å². The van der Waals surface area contributed by atoms with Crippen LogP contribution in [-0.2, 0) is 4.79 Å². The van der Waals surface area contributed by atoms with Gasteiger partial charge >= 0.3 is 6.03 Å². The van der Waals surface area contributed by atoms with Gasteiger partial charge in [0.2, 0.25) is 0 Å². The first-order valence-corrected chi connectivity index (χ1v) is 7.28. The van der Waals surface area contributed by atoms with Crippen molar-refractivity contribution in [2.24, 2.45) is 0 Å². The lowest BCUT2D eigenvalue weighted by Gasteiger charge is -2.28. The normalized spacial score (nSPS) is 18.1. The number of nitrogens with one attached hydrogen (secondary N) is 2. The van der Waals surface area contributed by atoms with Crippen LogP contribution < -0.4 is 15.4 Å². The van der Waals surface area contributed by atoms with Crippen molar-refractivity contribution in [1.29, 1.82) is 0 Å². The third kappa shape index (κ3) is 2.97. The molecule has 0 saturated carbocycles. The Bertz CT molecular complexity index is 655. The maximum absolute atomic E-state index is 11.9. The molecule has 0 saturated heterocycles. The number of aromatic hydroxyl groups is 1. The van der Waals surface area contributed by atoms with Crippen molar-refractivity contribution in [2.75, 3.05) is 7.11 Å². The summed E-state index contributed by atoms with van der Waals surface area (Å²) >= 11 is 1.97. The quantitative estimate of drug-likeness (QED) is 0.677. The summed E-state index contributed by atoms with van der Waals surface area (Å²) in [4.78, 5) is 23.6. The largest absolute Gasteiger partial charge is 0.504 e. The van der Waals surface area contributed by atoms with Crippen LogP contribution in [0, 0.1) is 3.57 Å². The van der Waals surface area contributed by atoms with E-state index in [1.165, 1.54) is 14.0 Å². The van der Waals surface area contributed by atoms with Crippen LogP contribution in [0.1, 0.15) is 25.5 Å². The van der Waals surface area contributed by atoms with Gasteiger partial charge < -0.3 is 20.5 Å². The van der Waals surface area contributed by atoms with E-state index in [4.69, 9.17) is 4.74 Å². The highest BCUT2D eigenvalue weighted by Crippen LogP contribution is 2.37. The molecule has 6 nitrogen and oxygen atoms in total. The molecule has 0 unspecified atom stereocenters. The molecule has 0 aliphatic carbocycles. The Balaban J connectivity index is 2.58. The number of benzene rings is 1. The lowest BCUT2D eigenvalue weighted by Crippen LogP contribution is -2.44. The summed E-state index contributed by atoms with van der Waals surface area (Å²) in [5.41, 5.74) is 1.69. The van der Waals surface area contributed by atoms with E-state index in [1.807, 2.05) is 22.6 Å². The number of carbonyl (C=O) groups is 2. The van der Waals surface area contributed by atoms with E-state index in [9.17, 15) is 14.7 Å². The third-order valence-electron chi connectivity index (χ3n) is 3.25. The number of amides is 2. The van der Waals surface area contributed by atoms with E-state index in [0.717, 1.165) is 0 Å². The fourth-order valence-electron chi connectivity index (χ4n) is 2.33. The fourth-order valence-corrected chi connectivity index (χ4v) is 2.95. The highest BCUT2D eigenvalue weighted by molar-refractivity contribution is 14.1. The number of carbonyl (C=O) groups excluding carboxylic acids is 2. The number of ether oxygens (including phenoxy) is 1. The predicted molar refractivity (Wildman–Crippen MR) is 85.2 cm³/mol. The molecule has 0 aromatic heterocycles. The average molecular weight is 402 g/mol. The van der Waals surface area contributed by atoms with Gasteiger partial charge in [-0.05, 0) is 54.1 Å². The molecule has 0 radical (unpaired) electrons. The Morgan fingerprint density at radius 3 is 2.67 bits per heavy atom. The summed E-state index contributed by atoms with van der Waals surface area (Å²) in [5.74, 6) is 0.199. The van der Waals surface area contributed by atoms with Crippen LogP contribution in [0.4, 0.5) is 4.79 Å². The zero-order valence-electron chi connectivity index (χ0n) is 11.8. The number of halogens is 1. The Morgan fingerprint density at radius 1 is 1.43 bits per heavy atom. The molecule has 21 heavy (non-hydrogen) atoms. The average Bonchev–Trinajstić information content (AvgIpc) is 2.40. The standard InChI is InChI=1S/C14H15IN2O4/c1-6-11(7(2)18)12(17-14(20)16-6)8-4-9(15)13(19)10(5-8)21-3/h4-5,12,19H,1-3H3,(H2,16,17,20)/t12-/m1/s1. The zero-order valence-corrected chi connectivity index (χ0v) is 13.9. The summed E-state index contributed by atoms with van der Waals surface area (Å²) < 4.78 is 5.70. The van der Waals surface area contributed by atoms with E-state index in [-0.39, 0.29) is 17.6 Å². The molecule has 1 heterocycles. The number of phenolic OH excluding ortho intramolecular Hbond substituents is 1. The van der Waals surface area contributed by atoms with Crippen molar-refractivity contribution >= 4 is 34.4 Å². The topological polar surface area (TPSA) is 87.7 Å². The lowest BCUT2D eigenvalue weighted by molar-refractivity contribution is -0.114. The van der Waals surface area contributed by atoms with Gasteiger partial charge in [-0.15, -0.1) is 0 Å². The first-order valence-electron chi connectivity index (χ1n) is 6.20. The summed E-state index contributed by atoms with van der Waals surface area (Å²) in [6.45, 7) is 3.14. The fraction of sp³-hybridized carbons (Fsp3) is 0.286. The van der Waals surface area contributed by atoms with Crippen molar-refractivity contribution in [2.45, 2.75) is 19.9 Å². The number of ketones is 1. The van der Waals surface area contributed by atoms with Gasteiger partial charge in [0.1, 0.15) is 0 Å². The number of methoxy groups -OCH3 is 1. The van der Waals surface area contributed by atoms with Crippen molar-refractivity contribution < 1.29 is 19.4 Å². The Hall–Kier alpha value is -1.77. The number of Topliss-reactive ketones (excluding diaryl/α,β-unsaturated/α-hetero) is 1. The summed E-state index contributed by atoms with van der Waals surface area (Å²) in [7, 11) is 1.45. The molecule has 0 fully saturated rings. The number of hydrogen-bond acceptors (Lipinski definition) is 4. The van der Waals surface area contributed by atoms with Gasteiger partial charge in [-0.25, -0.2) is 4.79 Å². The number of urea groups is 1. The zero-order chi connectivity index (χ0) is 15.7. The molecule has 2 rings (SSSR count). The van der Waals surface area contributed by atoms with Gasteiger partial charge in [-0.3, -0.25) is 4.79 Å². The molecule has 1 aliphatic rings.